The molecule has 0 aromatic heterocycles. The summed E-state index contributed by atoms with van der Waals surface area (Å²) in [6.45, 7) is 10.5. The molecule has 1 heterocycles. The van der Waals surface area contributed by atoms with Crippen LogP contribution < -0.4 is 10.6 Å². The molecule has 1 saturated heterocycles. The predicted molar refractivity (Wildman–Crippen MR) is 90.0 cm³/mol. The Hall–Kier alpha value is -1.98. The van der Waals surface area contributed by atoms with Gasteiger partial charge in [0.1, 0.15) is 11.4 Å². The van der Waals surface area contributed by atoms with E-state index in [1.807, 2.05) is 39.5 Å². The van der Waals surface area contributed by atoms with Gasteiger partial charge in [-0.2, -0.15) is 0 Å². The predicted octanol–water partition coefficient (Wildman–Crippen LogP) is 3.24. The Labute approximate surface area is 137 Å². The lowest BCUT2D eigenvalue weighted by atomic mass is 10.1. The van der Waals surface area contributed by atoms with Gasteiger partial charge in [0.2, 0.25) is 0 Å². The van der Waals surface area contributed by atoms with Gasteiger partial charge in [0.25, 0.3) is 0 Å². The first kappa shape index (κ1) is 17.4. The minimum Gasteiger partial charge on any atom is -0.444 e. The van der Waals surface area contributed by atoms with Gasteiger partial charge in [0, 0.05) is 18.8 Å². The zero-order chi connectivity index (χ0) is 17.4. The number of piperazine rings is 1. The standard InChI is InChI=1S/C17H26FN3O2/c1-11-9-20(15-7-6-13(19)8-14(15)18)10-12(2)21(11)16(22)23-17(3,4)5/h6-8,11-12H,9-10,19H2,1-5H3/t11-,12+. The summed E-state index contributed by atoms with van der Waals surface area (Å²) < 4.78 is 19.6. The molecule has 0 spiro atoms. The fraction of sp³-hybridized carbons (Fsp3) is 0.588. The van der Waals surface area contributed by atoms with Crippen molar-refractivity contribution in [2.24, 2.45) is 0 Å². The fourth-order valence-electron chi connectivity index (χ4n) is 2.97. The highest BCUT2D eigenvalue weighted by Gasteiger charge is 2.36. The number of hydrogen-bond acceptors (Lipinski definition) is 4. The van der Waals surface area contributed by atoms with E-state index < -0.39 is 5.60 Å². The largest absolute Gasteiger partial charge is 0.444 e. The monoisotopic (exact) mass is 323 g/mol. The van der Waals surface area contributed by atoms with Crippen molar-refractivity contribution >= 4 is 17.5 Å². The van der Waals surface area contributed by atoms with Crippen LogP contribution in [0.3, 0.4) is 0 Å². The molecule has 1 fully saturated rings. The second-order valence-electron chi connectivity index (χ2n) is 7.20. The molecule has 1 aromatic rings. The van der Waals surface area contributed by atoms with Crippen LogP contribution in [0, 0.1) is 5.82 Å². The number of rotatable bonds is 1. The van der Waals surface area contributed by atoms with Crippen molar-refractivity contribution in [3.63, 3.8) is 0 Å². The molecular formula is C17H26FN3O2. The number of hydrogen-bond donors (Lipinski definition) is 1. The number of anilines is 2. The van der Waals surface area contributed by atoms with E-state index in [0.717, 1.165) is 0 Å². The lowest BCUT2D eigenvalue weighted by molar-refractivity contribution is 0.00563. The maximum absolute atomic E-state index is 14.1. The Balaban J connectivity index is 2.14. The van der Waals surface area contributed by atoms with Gasteiger partial charge in [0.05, 0.1) is 17.8 Å². The molecule has 1 amide bonds. The third kappa shape index (κ3) is 4.06. The number of nitrogens with zero attached hydrogens (tertiary/aromatic N) is 2. The molecule has 128 valence electrons. The topological polar surface area (TPSA) is 58.8 Å². The maximum atomic E-state index is 14.1. The number of benzene rings is 1. The second-order valence-corrected chi connectivity index (χ2v) is 7.20. The molecule has 0 aliphatic carbocycles. The Morgan fingerprint density at radius 2 is 1.83 bits per heavy atom. The second kappa shape index (κ2) is 6.26. The highest BCUT2D eigenvalue weighted by Crippen LogP contribution is 2.27. The lowest BCUT2D eigenvalue weighted by Gasteiger charge is -2.45. The molecule has 5 nitrogen and oxygen atoms in total. The molecule has 1 aliphatic rings. The molecule has 1 aliphatic heterocycles. The Morgan fingerprint density at radius 3 is 2.30 bits per heavy atom. The third-order valence-corrected chi connectivity index (χ3v) is 3.84. The van der Waals surface area contributed by atoms with Crippen LogP contribution in [0.4, 0.5) is 20.6 Å². The van der Waals surface area contributed by atoms with Crippen molar-refractivity contribution in [3.05, 3.63) is 24.0 Å². The summed E-state index contributed by atoms with van der Waals surface area (Å²) in [6, 6.07) is 4.54. The molecule has 0 saturated carbocycles. The minimum atomic E-state index is -0.531. The Bertz CT molecular complexity index is 574. The van der Waals surface area contributed by atoms with E-state index in [9.17, 15) is 9.18 Å². The van der Waals surface area contributed by atoms with Crippen LogP contribution in [0.1, 0.15) is 34.6 Å². The van der Waals surface area contributed by atoms with Crippen LogP contribution in [0.25, 0.3) is 0 Å². The third-order valence-electron chi connectivity index (χ3n) is 3.84. The Morgan fingerprint density at radius 1 is 1.26 bits per heavy atom. The minimum absolute atomic E-state index is 0.0782. The number of nitrogens with two attached hydrogens (primary N) is 1. The van der Waals surface area contributed by atoms with Gasteiger partial charge in [0.15, 0.2) is 0 Å². The lowest BCUT2D eigenvalue weighted by Crippen LogP contribution is -2.59. The molecule has 6 heteroatoms. The summed E-state index contributed by atoms with van der Waals surface area (Å²) in [6.07, 6.45) is -0.324. The Kier molecular flexibility index (Phi) is 4.73. The number of ether oxygens (including phenoxy) is 1. The van der Waals surface area contributed by atoms with Crippen molar-refractivity contribution in [1.82, 2.24) is 4.90 Å². The summed E-state index contributed by atoms with van der Waals surface area (Å²) in [5, 5.41) is 0. The van der Waals surface area contributed by atoms with E-state index in [4.69, 9.17) is 10.5 Å². The molecule has 2 atom stereocenters. The molecular weight excluding hydrogens is 297 g/mol. The number of nitrogen functional groups attached to an aromatic ring is 1. The normalized spacial score (nSPS) is 22.2. The van der Waals surface area contributed by atoms with E-state index in [1.165, 1.54) is 6.07 Å². The van der Waals surface area contributed by atoms with Crippen molar-refractivity contribution in [2.45, 2.75) is 52.3 Å². The SMILES string of the molecule is C[C@@H]1CN(c2ccc(N)cc2F)C[C@H](C)N1C(=O)OC(C)(C)C. The first-order valence-electron chi connectivity index (χ1n) is 7.90. The smallest absolute Gasteiger partial charge is 0.410 e. The van der Waals surface area contributed by atoms with Crippen molar-refractivity contribution in [2.75, 3.05) is 23.7 Å². The summed E-state index contributed by atoms with van der Waals surface area (Å²) in [4.78, 5) is 16.1. The summed E-state index contributed by atoms with van der Waals surface area (Å²) in [5.41, 5.74) is 5.99. The van der Waals surface area contributed by atoms with Gasteiger partial charge < -0.3 is 15.4 Å². The summed E-state index contributed by atoms with van der Waals surface area (Å²) >= 11 is 0. The van der Waals surface area contributed by atoms with E-state index in [2.05, 4.69) is 0 Å². The molecule has 1 aromatic carbocycles. The van der Waals surface area contributed by atoms with Crippen LogP contribution in [0.2, 0.25) is 0 Å². The van der Waals surface area contributed by atoms with Crippen molar-refractivity contribution in [3.8, 4) is 0 Å². The zero-order valence-electron chi connectivity index (χ0n) is 14.5. The number of carbonyl (C=O) groups excluding carboxylic acids is 1. The van der Waals surface area contributed by atoms with Gasteiger partial charge in [-0.25, -0.2) is 9.18 Å². The highest BCUT2D eigenvalue weighted by molar-refractivity contribution is 5.70. The van der Waals surface area contributed by atoms with E-state index >= 15 is 0 Å². The van der Waals surface area contributed by atoms with E-state index in [-0.39, 0.29) is 24.0 Å². The van der Waals surface area contributed by atoms with Crippen LogP contribution in [0.5, 0.6) is 0 Å². The molecule has 0 radical (unpaired) electrons. The summed E-state index contributed by atoms with van der Waals surface area (Å²) in [5.74, 6) is -0.338. The van der Waals surface area contributed by atoms with Gasteiger partial charge in [-0.05, 0) is 52.8 Å². The van der Waals surface area contributed by atoms with Crippen LogP contribution in [-0.2, 0) is 4.74 Å². The average molecular weight is 323 g/mol. The van der Waals surface area contributed by atoms with Gasteiger partial charge in [-0.3, -0.25) is 4.90 Å². The van der Waals surface area contributed by atoms with Gasteiger partial charge >= 0.3 is 6.09 Å². The maximum Gasteiger partial charge on any atom is 0.410 e. The van der Waals surface area contributed by atoms with Crippen LogP contribution in [-0.4, -0.2) is 41.8 Å². The van der Waals surface area contributed by atoms with Crippen molar-refractivity contribution < 1.29 is 13.9 Å². The zero-order valence-corrected chi connectivity index (χ0v) is 14.5. The average Bonchev–Trinajstić information content (AvgIpc) is 2.35. The van der Waals surface area contributed by atoms with Gasteiger partial charge in [-0.1, -0.05) is 0 Å². The molecule has 2 N–H and O–H groups in total. The fourth-order valence-corrected chi connectivity index (χ4v) is 2.97. The van der Waals surface area contributed by atoms with Crippen LogP contribution >= 0.6 is 0 Å². The first-order chi connectivity index (χ1) is 10.6. The number of carbonyl (C=O) groups is 1. The first-order valence-corrected chi connectivity index (χ1v) is 7.90. The molecule has 23 heavy (non-hydrogen) atoms. The molecule has 2 rings (SSSR count). The van der Waals surface area contributed by atoms with Crippen LogP contribution in [0.15, 0.2) is 18.2 Å². The number of halogens is 1. The molecule has 0 unspecified atom stereocenters. The molecule has 0 bridgehead atoms. The van der Waals surface area contributed by atoms with Gasteiger partial charge in [-0.15, -0.1) is 0 Å². The van der Waals surface area contributed by atoms with Crippen molar-refractivity contribution in [1.29, 1.82) is 0 Å². The quantitative estimate of drug-likeness (QED) is 0.806. The highest BCUT2D eigenvalue weighted by atomic mass is 19.1. The number of amides is 1. The van der Waals surface area contributed by atoms with E-state index in [0.29, 0.717) is 24.5 Å². The summed E-state index contributed by atoms with van der Waals surface area (Å²) in [7, 11) is 0. The van der Waals surface area contributed by atoms with E-state index in [1.54, 1.807) is 17.0 Å².